The summed E-state index contributed by atoms with van der Waals surface area (Å²) in [6.45, 7) is 0.406. The Balaban J connectivity index is 1.53. The number of allylic oxidation sites excluding steroid dienone is 2. The fourth-order valence-electron chi connectivity index (χ4n) is 2.44. The van der Waals surface area contributed by atoms with E-state index in [2.05, 4.69) is 0 Å². The highest BCUT2D eigenvalue weighted by Gasteiger charge is 2.00. The lowest BCUT2D eigenvalue weighted by molar-refractivity contribution is -0.110. The van der Waals surface area contributed by atoms with Crippen LogP contribution in [0.5, 0.6) is 5.75 Å². The van der Waals surface area contributed by atoms with E-state index in [0.717, 1.165) is 22.4 Å². The van der Waals surface area contributed by atoms with Crippen molar-refractivity contribution >= 4 is 41.1 Å². The summed E-state index contributed by atoms with van der Waals surface area (Å²) < 4.78 is 5.75. The van der Waals surface area contributed by atoms with Gasteiger partial charge in [-0.1, -0.05) is 77.8 Å². The summed E-state index contributed by atoms with van der Waals surface area (Å²) in [5, 5.41) is 1.36. The number of hydrogen-bond donors (Lipinski definition) is 0. The van der Waals surface area contributed by atoms with Crippen molar-refractivity contribution in [2.45, 2.75) is 6.61 Å². The van der Waals surface area contributed by atoms with E-state index < -0.39 is 0 Å². The molecule has 3 aromatic rings. The first-order valence-electron chi connectivity index (χ1n) is 8.72. The van der Waals surface area contributed by atoms with Crippen molar-refractivity contribution in [2.75, 3.05) is 0 Å². The van der Waals surface area contributed by atoms with Gasteiger partial charge in [0, 0.05) is 15.6 Å². The van der Waals surface area contributed by atoms with Gasteiger partial charge in [-0.3, -0.25) is 4.79 Å². The topological polar surface area (TPSA) is 26.3 Å². The molecule has 28 heavy (non-hydrogen) atoms. The van der Waals surface area contributed by atoms with Crippen LogP contribution in [0.2, 0.25) is 10.0 Å². The molecule has 0 saturated heterocycles. The van der Waals surface area contributed by atoms with Crippen molar-refractivity contribution in [1.29, 1.82) is 0 Å². The maximum absolute atomic E-state index is 12.0. The van der Waals surface area contributed by atoms with Gasteiger partial charge < -0.3 is 4.74 Å². The van der Waals surface area contributed by atoms with Crippen molar-refractivity contribution in [3.05, 3.63) is 112 Å². The Kier molecular flexibility index (Phi) is 7.07. The molecule has 3 aromatic carbocycles. The second-order valence-electron chi connectivity index (χ2n) is 6.07. The highest BCUT2D eigenvalue weighted by molar-refractivity contribution is 6.31. The molecule has 0 aliphatic carbocycles. The smallest absolute Gasteiger partial charge is 0.178 e. The average Bonchev–Trinajstić information content (AvgIpc) is 2.72. The van der Waals surface area contributed by atoms with Crippen LogP contribution in [0.15, 0.2) is 84.9 Å². The van der Waals surface area contributed by atoms with Gasteiger partial charge in [-0.15, -0.1) is 0 Å². The minimum absolute atomic E-state index is 0.0889. The van der Waals surface area contributed by atoms with Crippen molar-refractivity contribution in [1.82, 2.24) is 0 Å². The zero-order chi connectivity index (χ0) is 19.8. The summed E-state index contributed by atoms with van der Waals surface area (Å²) in [5.41, 5.74) is 2.77. The lowest BCUT2D eigenvalue weighted by atomic mass is 10.1. The van der Waals surface area contributed by atoms with E-state index in [1.165, 1.54) is 12.2 Å². The lowest BCUT2D eigenvalue weighted by Gasteiger charge is -2.07. The van der Waals surface area contributed by atoms with Gasteiger partial charge in [0.2, 0.25) is 0 Å². The molecule has 0 amide bonds. The molecule has 0 aromatic heterocycles. The van der Waals surface area contributed by atoms with Gasteiger partial charge in [0.1, 0.15) is 12.4 Å². The first-order chi connectivity index (χ1) is 13.6. The van der Waals surface area contributed by atoms with Crippen LogP contribution < -0.4 is 4.74 Å². The third kappa shape index (κ3) is 6.12. The molecule has 4 heteroatoms. The van der Waals surface area contributed by atoms with Gasteiger partial charge >= 0.3 is 0 Å². The van der Waals surface area contributed by atoms with E-state index >= 15 is 0 Å². The van der Waals surface area contributed by atoms with E-state index in [9.17, 15) is 4.79 Å². The second kappa shape index (κ2) is 9.93. The molecule has 0 bridgehead atoms. The van der Waals surface area contributed by atoms with Gasteiger partial charge in [0.15, 0.2) is 5.78 Å². The van der Waals surface area contributed by atoms with Crippen LogP contribution in [0.3, 0.4) is 0 Å². The molecule has 0 unspecified atom stereocenters. The Morgan fingerprint density at radius 3 is 1.96 bits per heavy atom. The maximum atomic E-state index is 12.0. The fraction of sp³-hybridized carbons (Fsp3) is 0.0417. The molecule has 0 spiro atoms. The predicted octanol–water partition coefficient (Wildman–Crippen LogP) is 6.87. The molecular weight excluding hydrogens is 391 g/mol. The standard InChI is InChI=1S/C24H18Cl2O2/c25-21-11-5-18(6-12-21)7-13-22(27)14-8-19-9-15-23(16-10-19)28-17-20-3-1-2-4-24(20)26/h1-16H,17H2/b13-7+,14-8+. The first kappa shape index (κ1) is 19.9. The summed E-state index contributed by atoms with van der Waals surface area (Å²) in [4.78, 5) is 12.0. The molecule has 0 radical (unpaired) electrons. The van der Waals surface area contributed by atoms with Gasteiger partial charge in [-0.25, -0.2) is 0 Å². The van der Waals surface area contributed by atoms with E-state index in [1.807, 2.05) is 60.7 Å². The number of carbonyl (C=O) groups is 1. The third-order valence-electron chi connectivity index (χ3n) is 3.98. The van der Waals surface area contributed by atoms with Gasteiger partial charge in [0.05, 0.1) is 0 Å². The summed E-state index contributed by atoms with van der Waals surface area (Å²) >= 11 is 12.0. The highest BCUT2D eigenvalue weighted by atomic mass is 35.5. The van der Waals surface area contributed by atoms with E-state index in [4.69, 9.17) is 27.9 Å². The second-order valence-corrected chi connectivity index (χ2v) is 6.91. The maximum Gasteiger partial charge on any atom is 0.178 e. The normalized spacial score (nSPS) is 11.2. The molecule has 3 rings (SSSR count). The molecule has 0 aliphatic heterocycles. The van der Waals surface area contributed by atoms with Crippen LogP contribution >= 0.6 is 23.2 Å². The van der Waals surface area contributed by atoms with Crippen molar-refractivity contribution in [3.63, 3.8) is 0 Å². The molecule has 0 aliphatic rings. The summed E-state index contributed by atoms with van der Waals surface area (Å²) in [7, 11) is 0. The number of carbonyl (C=O) groups excluding carboxylic acids is 1. The number of hydrogen-bond acceptors (Lipinski definition) is 2. The van der Waals surface area contributed by atoms with E-state index in [0.29, 0.717) is 16.7 Å². The number of benzene rings is 3. The van der Waals surface area contributed by atoms with Gasteiger partial charge in [-0.05, 0) is 53.6 Å². The summed E-state index contributed by atoms with van der Waals surface area (Å²) in [5.74, 6) is 0.653. The molecule has 140 valence electrons. The first-order valence-corrected chi connectivity index (χ1v) is 9.48. The zero-order valence-electron chi connectivity index (χ0n) is 15.0. The predicted molar refractivity (Wildman–Crippen MR) is 117 cm³/mol. The van der Waals surface area contributed by atoms with E-state index in [-0.39, 0.29) is 5.78 Å². The Hall–Kier alpha value is -2.81. The van der Waals surface area contributed by atoms with Crippen LogP contribution in [0.1, 0.15) is 16.7 Å². The summed E-state index contributed by atoms with van der Waals surface area (Å²) in [6.07, 6.45) is 6.59. The molecule has 0 N–H and O–H groups in total. The number of ether oxygens (including phenoxy) is 1. The van der Waals surface area contributed by atoms with Crippen molar-refractivity contribution in [2.24, 2.45) is 0 Å². The van der Waals surface area contributed by atoms with Crippen LogP contribution in [-0.4, -0.2) is 5.78 Å². The molecule has 2 nitrogen and oxygen atoms in total. The monoisotopic (exact) mass is 408 g/mol. The largest absolute Gasteiger partial charge is 0.489 e. The number of rotatable bonds is 7. The molecule has 0 heterocycles. The molecule has 0 atom stereocenters. The lowest BCUT2D eigenvalue weighted by Crippen LogP contribution is -1.95. The van der Waals surface area contributed by atoms with E-state index in [1.54, 1.807) is 24.3 Å². The fourth-order valence-corrected chi connectivity index (χ4v) is 2.75. The van der Waals surface area contributed by atoms with Crippen LogP contribution in [0.25, 0.3) is 12.2 Å². The van der Waals surface area contributed by atoms with Crippen molar-refractivity contribution < 1.29 is 9.53 Å². The van der Waals surface area contributed by atoms with Crippen LogP contribution in [0.4, 0.5) is 0 Å². The quantitative estimate of drug-likeness (QED) is 0.398. The van der Waals surface area contributed by atoms with Crippen LogP contribution in [-0.2, 0) is 11.4 Å². The average molecular weight is 409 g/mol. The van der Waals surface area contributed by atoms with Crippen molar-refractivity contribution in [3.8, 4) is 5.75 Å². The number of halogens is 2. The highest BCUT2D eigenvalue weighted by Crippen LogP contribution is 2.19. The number of ketones is 1. The SMILES string of the molecule is O=C(/C=C/c1ccc(Cl)cc1)/C=C/c1ccc(OCc2ccccc2Cl)cc1. The Morgan fingerprint density at radius 2 is 1.36 bits per heavy atom. The Labute approximate surface area is 174 Å². The van der Waals surface area contributed by atoms with Crippen LogP contribution in [0, 0.1) is 0 Å². The molecular formula is C24H18Cl2O2. The third-order valence-corrected chi connectivity index (χ3v) is 4.60. The molecule has 0 fully saturated rings. The van der Waals surface area contributed by atoms with Gasteiger partial charge in [-0.2, -0.15) is 0 Å². The molecule has 0 saturated carbocycles. The Morgan fingerprint density at radius 1 is 0.786 bits per heavy atom. The summed E-state index contributed by atoms with van der Waals surface area (Å²) in [6, 6.07) is 22.4. The Bertz CT molecular complexity index is 988. The zero-order valence-corrected chi connectivity index (χ0v) is 16.5. The minimum Gasteiger partial charge on any atom is -0.489 e. The van der Waals surface area contributed by atoms with Gasteiger partial charge in [0.25, 0.3) is 0 Å². The minimum atomic E-state index is -0.0889.